The first kappa shape index (κ1) is 22.1. The molecule has 5 heteroatoms. The molecule has 4 nitrogen and oxygen atoms in total. The number of oxime groups is 1. The van der Waals surface area contributed by atoms with Crippen LogP contribution in [0.25, 0.3) is 0 Å². The fraction of sp³-hybridized carbons (Fsp3) is 0.138. The lowest BCUT2D eigenvalue weighted by atomic mass is 9.93. The largest absolute Gasteiger partial charge is 0.385 e. The van der Waals surface area contributed by atoms with E-state index in [2.05, 4.69) is 70.8 Å². The van der Waals surface area contributed by atoms with Gasteiger partial charge in [0.15, 0.2) is 11.9 Å². The molecule has 34 heavy (non-hydrogen) atoms. The van der Waals surface area contributed by atoms with Crippen LogP contribution in [0.3, 0.4) is 0 Å². The Morgan fingerprint density at radius 1 is 0.824 bits per heavy atom. The fourth-order valence-corrected chi connectivity index (χ4v) is 4.43. The lowest BCUT2D eigenvalue weighted by molar-refractivity contribution is 0.0640. The van der Waals surface area contributed by atoms with Gasteiger partial charge in [-0.1, -0.05) is 89.1 Å². The summed E-state index contributed by atoms with van der Waals surface area (Å²) in [6.07, 6.45) is -0.211. The maximum Gasteiger partial charge on any atom is 0.164 e. The smallest absolute Gasteiger partial charge is 0.164 e. The Morgan fingerprint density at radius 2 is 1.47 bits per heavy atom. The van der Waals surface area contributed by atoms with E-state index < -0.39 is 0 Å². The molecular weight excluding hydrogens is 442 g/mol. The highest BCUT2D eigenvalue weighted by atomic mass is 35.5. The van der Waals surface area contributed by atoms with Crippen molar-refractivity contribution in [2.24, 2.45) is 11.1 Å². The minimum Gasteiger partial charge on any atom is -0.385 e. The second-order valence-corrected chi connectivity index (χ2v) is 8.83. The Bertz CT molecular complexity index is 1220. The Morgan fingerprint density at radius 3 is 2.09 bits per heavy atom. The van der Waals surface area contributed by atoms with Crippen LogP contribution in [0, 0.1) is 12.8 Å². The molecule has 170 valence electrons. The van der Waals surface area contributed by atoms with Crippen molar-refractivity contribution in [1.82, 2.24) is 0 Å². The summed E-state index contributed by atoms with van der Waals surface area (Å²) in [6.45, 7) is 2.72. The van der Waals surface area contributed by atoms with Gasteiger partial charge in [0.25, 0.3) is 0 Å². The second kappa shape index (κ2) is 10.0. The van der Waals surface area contributed by atoms with Crippen LogP contribution in [-0.2, 0) is 4.84 Å². The van der Waals surface area contributed by atoms with Gasteiger partial charge in [0, 0.05) is 28.6 Å². The van der Waals surface area contributed by atoms with Gasteiger partial charge < -0.3 is 10.2 Å². The van der Waals surface area contributed by atoms with Gasteiger partial charge in [-0.2, -0.15) is 0 Å². The third kappa shape index (κ3) is 4.78. The summed E-state index contributed by atoms with van der Waals surface area (Å²) in [5.41, 5.74) is 5.35. The Kier molecular flexibility index (Phi) is 6.50. The summed E-state index contributed by atoms with van der Waals surface area (Å²) in [5.74, 6) is 0.819. The Balaban J connectivity index is 1.53. The lowest BCUT2D eigenvalue weighted by Crippen LogP contribution is -2.36. The molecule has 1 aliphatic heterocycles. The van der Waals surface area contributed by atoms with Crippen LogP contribution in [-0.4, -0.2) is 12.4 Å². The van der Waals surface area contributed by atoms with Gasteiger partial charge in [-0.25, -0.2) is 0 Å². The number of para-hydroxylation sites is 2. The molecule has 0 aromatic heterocycles. The van der Waals surface area contributed by atoms with Crippen molar-refractivity contribution in [3.05, 3.63) is 125 Å². The average Bonchev–Trinajstić information content (AvgIpc) is 3.28. The van der Waals surface area contributed by atoms with Crippen molar-refractivity contribution in [2.45, 2.75) is 13.0 Å². The first-order valence-corrected chi connectivity index (χ1v) is 11.8. The zero-order chi connectivity index (χ0) is 23.3. The molecule has 0 aliphatic carbocycles. The summed E-state index contributed by atoms with van der Waals surface area (Å²) in [4.78, 5) is 8.30. The molecule has 2 unspecified atom stereocenters. The van der Waals surface area contributed by atoms with E-state index in [1.807, 2.05) is 60.7 Å². The van der Waals surface area contributed by atoms with Gasteiger partial charge in [-0.15, -0.1) is 0 Å². The van der Waals surface area contributed by atoms with Gasteiger partial charge in [0.1, 0.15) is 0 Å². The molecule has 5 rings (SSSR count). The van der Waals surface area contributed by atoms with Gasteiger partial charge in [-0.05, 0) is 55.0 Å². The van der Waals surface area contributed by atoms with Crippen LogP contribution in [0.5, 0.6) is 0 Å². The summed E-state index contributed by atoms with van der Waals surface area (Å²) in [5, 5.41) is 8.91. The van der Waals surface area contributed by atoms with E-state index in [0.29, 0.717) is 11.6 Å². The molecule has 4 aromatic rings. The fourth-order valence-electron chi connectivity index (χ4n) is 4.24. The maximum absolute atomic E-state index is 6.22. The van der Waals surface area contributed by atoms with Crippen LogP contribution in [0.1, 0.15) is 17.2 Å². The summed E-state index contributed by atoms with van der Waals surface area (Å²) >= 11 is 6.22. The molecule has 0 saturated carbocycles. The van der Waals surface area contributed by atoms with E-state index in [-0.39, 0.29) is 12.0 Å². The molecule has 1 aliphatic rings. The monoisotopic (exact) mass is 467 g/mol. The Hall–Kier alpha value is -3.76. The molecule has 2 atom stereocenters. The molecule has 0 fully saturated rings. The molecule has 4 aromatic carbocycles. The molecular formula is C29H26ClN3O. The van der Waals surface area contributed by atoms with E-state index in [1.54, 1.807) is 0 Å². The minimum absolute atomic E-state index is 0.0397. The normalized spacial score (nSPS) is 17.1. The zero-order valence-corrected chi connectivity index (χ0v) is 19.7. The summed E-state index contributed by atoms with van der Waals surface area (Å²) in [7, 11) is 0. The highest BCUT2D eigenvalue weighted by Crippen LogP contribution is 2.38. The first-order valence-electron chi connectivity index (χ1n) is 11.4. The van der Waals surface area contributed by atoms with Crippen molar-refractivity contribution in [2.75, 3.05) is 16.8 Å². The number of hydrogen-bond donors (Lipinski definition) is 1. The maximum atomic E-state index is 6.22. The number of aryl methyl sites for hydroxylation is 1. The summed E-state index contributed by atoms with van der Waals surface area (Å²) in [6, 6.07) is 36.8. The molecule has 0 spiro atoms. The second-order valence-electron chi connectivity index (χ2n) is 8.39. The first-order chi connectivity index (χ1) is 16.7. The van der Waals surface area contributed by atoms with Crippen LogP contribution in [0.4, 0.5) is 17.1 Å². The predicted octanol–water partition coefficient (Wildman–Crippen LogP) is 7.60. The number of anilines is 3. The molecule has 1 N–H and O–H groups in total. The van der Waals surface area contributed by atoms with E-state index in [9.17, 15) is 0 Å². The number of rotatable bonds is 6. The van der Waals surface area contributed by atoms with E-state index in [0.717, 1.165) is 28.5 Å². The molecule has 0 radical (unpaired) electrons. The third-order valence-corrected chi connectivity index (χ3v) is 6.21. The number of amidine groups is 1. The molecule has 0 bridgehead atoms. The number of benzene rings is 4. The number of nitrogens with zero attached hydrogens (tertiary/aromatic N) is 2. The van der Waals surface area contributed by atoms with E-state index in [1.165, 1.54) is 5.56 Å². The highest BCUT2D eigenvalue weighted by Gasteiger charge is 2.39. The quantitative estimate of drug-likeness (QED) is 0.317. The summed E-state index contributed by atoms with van der Waals surface area (Å²) < 4.78 is 0. The van der Waals surface area contributed by atoms with Crippen molar-refractivity contribution in [1.29, 1.82) is 0 Å². The SMILES string of the molecule is Cc1ccc(C2ON=C(N(c3ccccc3)c3ccccc3)C2CNc2cccc(Cl)c2)cc1. The van der Waals surface area contributed by atoms with Crippen LogP contribution >= 0.6 is 11.6 Å². The van der Waals surface area contributed by atoms with Gasteiger partial charge in [-0.3, -0.25) is 4.90 Å². The Labute approximate surface area is 205 Å². The van der Waals surface area contributed by atoms with E-state index in [4.69, 9.17) is 16.4 Å². The standard InChI is InChI=1S/C29H26ClN3O/c1-21-15-17-22(18-16-21)28-27(20-31-24-10-8-9-23(30)19-24)29(32-34-28)33(25-11-4-2-5-12-25)26-13-6-3-7-14-26/h2-19,27-28,31H,20H2,1H3. The van der Waals surface area contributed by atoms with Gasteiger partial charge in [0.05, 0.1) is 5.92 Å². The number of nitrogens with one attached hydrogen (secondary N) is 1. The van der Waals surface area contributed by atoms with E-state index >= 15 is 0 Å². The topological polar surface area (TPSA) is 36.9 Å². The number of hydrogen-bond acceptors (Lipinski definition) is 4. The predicted molar refractivity (Wildman–Crippen MR) is 141 cm³/mol. The zero-order valence-electron chi connectivity index (χ0n) is 18.9. The molecule has 1 heterocycles. The van der Waals surface area contributed by atoms with Gasteiger partial charge >= 0.3 is 0 Å². The van der Waals surface area contributed by atoms with Crippen LogP contribution in [0.15, 0.2) is 114 Å². The van der Waals surface area contributed by atoms with Crippen molar-refractivity contribution < 1.29 is 4.84 Å². The number of halogens is 1. The lowest BCUT2D eigenvalue weighted by Gasteiger charge is -2.29. The molecule has 0 saturated heterocycles. The van der Waals surface area contributed by atoms with Crippen LogP contribution < -0.4 is 10.2 Å². The average molecular weight is 468 g/mol. The minimum atomic E-state index is -0.211. The third-order valence-electron chi connectivity index (χ3n) is 5.97. The highest BCUT2D eigenvalue weighted by molar-refractivity contribution is 6.30. The van der Waals surface area contributed by atoms with Gasteiger partial charge in [0.2, 0.25) is 0 Å². The van der Waals surface area contributed by atoms with Crippen LogP contribution in [0.2, 0.25) is 5.02 Å². The van der Waals surface area contributed by atoms with Crippen molar-refractivity contribution in [3.8, 4) is 0 Å². The van der Waals surface area contributed by atoms with Crippen molar-refractivity contribution in [3.63, 3.8) is 0 Å². The van der Waals surface area contributed by atoms with Crippen molar-refractivity contribution >= 4 is 34.5 Å². The molecule has 0 amide bonds.